The third-order valence-corrected chi connectivity index (χ3v) is 5.88. The van der Waals surface area contributed by atoms with Crippen molar-refractivity contribution < 1.29 is 17.9 Å². The van der Waals surface area contributed by atoms with Crippen LogP contribution in [0.4, 0.5) is 5.69 Å². The molecule has 146 valence electrons. The molecule has 0 unspecified atom stereocenters. The highest BCUT2D eigenvalue weighted by Crippen LogP contribution is 2.25. The van der Waals surface area contributed by atoms with Crippen LogP contribution in [0.15, 0.2) is 47.4 Å². The summed E-state index contributed by atoms with van der Waals surface area (Å²) in [5.41, 5.74) is 0.183. The zero-order valence-corrected chi connectivity index (χ0v) is 17.2. The average Bonchev–Trinajstić information content (AvgIpc) is 2.61. The van der Waals surface area contributed by atoms with Gasteiger partial charge in [0.05, 0.1) is 28.3 Å². The number of halogens is 1. The SMILES string of the molecule is CCC(C)(C)NC(=O)c1ccc(NS(=O)(=O)c2ccc(OC)cc2)cc1Cl. The first-order valence-corrected chi connectivity index (χ1v) is 10.2. The summed E-state index contributed by atoms with van der Waals surface area (Å²) < 4.78 is 32.4. The molecule has 1 amide bonds. The van der Waals surface area contributed by atoms with Crippen molar-refractivity contribution in [1.82, 2.24) is 5.32 Å². The summed E-state index contributed by atoms with van der Waals surface area (Å²) in [6.45, 7) is 5.80. The number of hydrogen-bond donors (Lipinski definition) is 2. The Morgan fingerprint density at radius 2 is 1.78 bits per heavy atom. The molecule has 0 aliphatic heterocycles. The normalized spacial score (nSPS) is 11.7. The van der Waals surface area contributed by atoms with Crippen molar-refractivity contribution in [1.29, 1.82) is 0 Å². The van der Waals surface area contributed by atoms with E-state index < -0.39 is 10.0 Å². The molecule has 0 atom stereocenters. The number of amides is 1. The number of hydrogen-bond acceptors (Lipinski definition) is 4. The molecule has 2 aromatic rings. The summed E-state index contributed by atoms with van der Waals surface area (Å²) in [4.78, 5) is 12.5. The molecule has 0 aliphatic rings. The largest absolute Gasteiger partial charge is 0.497 e. The van der Waals surface area contributed by atoms with Gasteiger partial charge in [0.2, 0.25) is 0 Å². The van der Waals surface area contributed by atoms with Crippen LogP contribution in [0.25, 0.3) is 0 Å². The first-order valence-electron chi connectivity index (χ1n) is 8.37. The van der Waals surface area contributed by atoms with Gasteiger partial charge in [-0.3, -0.25) is 9.52 Å². The highest BCUT2D eigenvalue weighted by molar-refractivity contribution is 7.92. The predicted octanol–water partition coefficient (Wildman–Crippen LogP) is 4.07. The van der Waals surface area contributed by atoms with Gasteiger partial charge in [-0.15, -0.1) is 0 Å². The van der Waals surface area contributed by atoms with Crippen LogP contribution in [0.1, 0.15) is 37.6 Å². The Labute approximate surface area is 164 Å². The summed E-state index contributed by atoms with van der Waals surface area (Å²) >= 11 is 6.20. The molecular weight excluding hydrogens is 388 g/mol. The van der Waals surface area contributed by atoms with E-state index in [-0.39, 0.29) is 32.6 Å². The van der Waals surface area contributed by atoms with E-state index in [4.69, 9.17) is 16.3 Å². The second-order valence-corrected chi connectivity index (χ2v) is 8.76. The summed E-state index contributed by atoms with van der Waals surface area (Å²) in [6, 6.07) is 10.4. The molecule has 0 spiro atoms. The Bertz CT molecular complexity index is 925. The number of nitrogens with one attached hydrogen (secondary N) is 2. The van der Waals surface area contributed by atoms with E-state index in [0.29, 0.717) is 5.75 Å². The van der Waals surface area contributed by atoms with Crippen LogP contribution < -0.4 is 14.8 Å². The van der Waals surface area contributed by atoms with E-state index in [1.54, 1.807) is 12.1 Å². The standard InChI is InChI=1S/C19H23ClN2O4S/c1-5-19(2,3)21-18(23)16-11-6-13(12-17(16)20)22-27(24,25)15-9-7-14(26-4)8-10-15/h6-12,22H,5H2,1-4H3,(H,21,23). The van der Waals surface area contributed by atoms with Gasteiger partial charge < -0.3 is 10.1 Å². The second kappa shape index (κ2) is 8.19. The maximum Gasteiger partial charge on any atom is 0.261 e. The molecule has 6 nitrogen and oxygen atoms in total. The summed E-state index contributed by atoms with van der Waals surface area (Å²) in [6.07, 6.45) is 0.760. The third kappa shape index (κ3) is 5.37. The Kier molecular flexibility index (Phi) is 6.38. The third-order valence-electron chi connectivity index (χ3n) is 4.17. The van der Waals surface area contributed by atoms with Crippen molar-refractivity contribution in [3.05, 3.63) is 53.1 Å². The molecule has 2 rings (SSSR count). The van der Waals surface area contributed by atoms with Crippen molar-refractivity contribution in [2.75, 3.05) is 11.8 Å². The van der Waals surface area contributed by atoms with E-state index in [1.165, 1.54) is 37.4 Å². The van der Waals surface area contributed by atoms with Gasteiger partial charge in [0.1, 0.15) is 5.75 Å². The molecule has 0 aliphatic carbocycles. The second-order valence-electron chi connectivity index (χ2n) is 6.67. The minimum Gasteiger partial charge on any atom is -0.497 e. The van der Waals surface area contributed by atoms with E-state index in [1.807, 2.05) is 20.8 Å². The average molecular weight is 411 g/mol. The van der Waals surface area contributed by atoms with Crippen LogP contribution in [0.2, 0.25) is 5.02 Å². The molecule has 0 saturated heterocycles. The maximum absolute atomic E-state index is 12.5. The summed E-state index contributed by atoms with van der Waals surface area (Å²) in [5.74, 6) is 0.249. The van der Waals surface area contributed by atoms with Crippen LogP contribution in [0.5, 0.6) is 5.75 Å². The molecule has 2 aromatic carbocycles. The molecule has 0 heterocycles. The van der Waals surface area contributed by atoms with Gasteiger partial charge in [-0.25, -0.2) is 8.42 Å². The molecule has 2 N–H and O–H groups in total. The highest BCUT2D eigenvalue weighted by atomic mass is 35.5. The lowest BCUT2D eigenvalue weighted by atomic mass is 10.0. The van der Waals surface area contributed by atoms with E-state index in [2.05, 4.69) is 10.0 Å². The van der Waals surface area contributed by atoms with E-state index >= 15 is 0 Å². The number of rotatable bonds is 7. The fourth-order valence-corrected chi connectivity index (χ4v) is 3.51. The topological polar surface area (TPSA) is 84.5 Å². The molecule has 0 saturated carbocycles. The molecule has 0 radical (unpaired) electrons. The van der Waals surface area contributed by atoms with Gasteiger partial charge in [0.15, 0.2) is 0 Å². The molecule has 0 bridgehead atoms. The monoisotopic (exact) mass is 410 g/mol. The maximum atomic E-state index is 12.5. The summed E-state index contributed by atoms with van der Waals surface area (Å²) in [7, 11) is -2.28. The van der Waals surface area contributed by atoms with Crippen LogP contribution in [-0.2, 0) is 10.0 Å². The number of anilines is 1. The van der Waals surface area contributed by atoms with Gasteiger partial charge in [0.25, 0.3) is 15.9 Å². The van der Waals surface area contributed by atoms with E-state index in [9.17, 15) is 13.2 Å². The quantitative estimate of drug-likeness (QED) is 0.720. The molecular formula is C19H23ClN2O4S. The fourth-order valence-electron chi connectivity index (χ4n) is 2.19. The number of ether oxygens (including phenoxy) is 1. The van der Waals surface area contributed by atoms with Gasteiger partial charge in [-0.2, -0.15) is 0 Å². The smallest absolute Gasteiger partial charge is 0.261 e. The Morgan fingerprint density at radius 3 is 2.30 bits per heavy atom. The number of carbonyl (C=O) groups is 1. The van der Waals surface area contributed by atoms with Crippen molar-refractivity contribution in [3.63, 3.8) is 0 Å². The minimum absolute atomic E-state index is 0.0888. The lowest BCUT2D eigenvalue weighted by Crippen LogP contribution is -2.42. The number of carbonyl (C=O) groups excluding carboxylic acids is 1. The van der Waals surface area contributed by atoms with Crippen molar-refractivity contribution in [3.8, 4) is 5.75 Å². The van der Waals surface area contributed by atoms with Gasteiger partial charge in [0, 0.05) is 5.54 Å². The fraction of sp³-hybridized carbons (Fsp3) is 0.316. The predicted molar refractivity (Wildman–Crippen MR) is 107 cm³/mol. The van der Waals surface area contributed by atoms with Crippen LogP contribution in [0, 0.1) is 0 Å². The van der Waals surface area contributed by atoms with Gasteiger partial charge >= 0.3 is 0 Å². The van der Waals surface area contributed by atoms with Crippen molar-refractivity contribution in [2.45, 2.75) is 37.6 Å². The van der Waals surface area contributed by atoms with Crippen LogP contribution >= 0.6 is 11.6 Å². The van der Waals surface area contributed by atoms with Gasteiger partial charge in [-0.05, 0) is 62.7 Å². The Hall–Kier alpha value is -2.25. The first kappa shape index (κ1) is 21.1. The van der Waals surface area contributed by atoms with Crippen LogP contribution in [0.3, 0.4) is 0 Å². The van der Waals surface area contributed by atoms with Gasteiger partial charge in [-0.1, -0.05) is 18.5 Å². The highest BCUT2D eigenvalue weighted by Gasteiger charge is 2.21. The molecule has 8 heteroatoms. The number of methoxy groups -OCH3 is 1. The molecule has 27 heavy (non-hydrogen) atoms. The first-order chi connectivity index (χ1) is 12.6. The van der Waals surface area contributed by atoms with E-state index in [0.717, 1.165) is 6.42 Å². The number of benzene rings is 2. The lowest BCUT2D eigenvalue weighted by molar-refractivity contribution is 0.0911. The zero-order valence-electron chi connectivity index (χ0n) is 15.7. The Morgan fingerprint density at radius 1 is 1.15 bits per heavy atom. The zero-order chi connectivity index (χ0) is 20.2. The lowest BCUT2D eigenvalue weighted by Gasteiger charge is -2.24. The number of sulfonamides is 1. The van der Waals surface area contributed by atoms with Crippen LogP contribution in [-0.4, -0.2) is 27.0 Å². The summed E-state index contributed by atoms with van der Waals surface area (Å²) in [5, 5.41) is 3.05. The molecule has 0 aromatic heterocycles. The van der Waals surface area contributed by atoms with Crippen molar-refractivity contribution >= 4 is 33.2 Å². The molecule has 0 fully saturated rings. The minimum atomic E-state index is -3.79. The Balaban J connectivity index is 2.20. The van der Waals surface area contributed by atoms with Crippen molar-refractivity contribution in [2.24, 2.45) is 0 Å².